The molecule has 1 fully saturated rings. The minimum absolute atomic E-state index is 0.0815. The van der Waals surface area contributed by atoms with Gasteiger partial charge in [0.1, 0.15) is 6.54 Å². The van der Waals surface area contributed by atoms with E-state index in [0.29, 0.717) is 13.1 Å². The zero-order valence-corrected chi connectivity index (χ0v) is 14.5. The highest BCUT2D eigenvalue weighted by molar-refractivity contribution is 5.81. The first-order valence-corrected chi connectivity index (χ1v) is 8.71. The summed E-state index contributed by atoms with van der Waals surface area (Å²) >= 11 is 0. The van der Waals surface area contributed by atoms with Crippen LogP contribution in [0.3, 0.4) is 0 Å². The molecule has 0 unspecified atom stereocenters. The number of nitrogens with zero attached hydrogens (tertiary/aromatic N) is 1. The molecule has 1 N–H and O–H groups in total. The van der Waals surface area contributed by atoms with Crippen LogP contribution < -0.4 is 9.64 Å². The van der Waals surface area contributed by atoms with Gasteiger partial charge in [0.05, 0.1) is 26.2 Å². The molecule has 0 aromatic heterocycles. The van der Waals surface area contributed by atoms with E-state index in [1.54, 1.807) is 25.1 Å². The summed E-state index contributed by atoms with van der Waals surface area (Å²) in [5.41, 5.74) is 1.31. The van der Waals surface area contributed by atoms with Crippen molar-refractivity contribution < 1.29 is 18.8 Å². The van der Waals surface area contributed by atoms with Gasteiger partial charge in [-0.15, -0.1) is 0 Å². The van der Waals surface area contributed by atoms with Gasteiger partial charge in [-0.2, -0.15) is 0 Å². The van der Waals surface area contributed by atoms with E-state index in [-0.39, 0.29) is 11.7 Å². The van der Waals surface area contributed by atoms with Gasteiger partial charge in [0.25, 0.3) is 5.91 Å². The Kier molecular flexibility index (Phi) is 5.66. The lowest BCUT2D eigenvalue weighted by Gasteiger charge is -2.33. The van der Waals surface area contributed by atoms with Gasteiger partial charge in [0.2, 0.25) is 0 Å². The fraction of sp³-hybridized carbons (Fsp3) is 0.350. The van der Waals surface area contributed by atoms with Crippen molar-refractivity contribution in [3.63, 3.8) is 0 Å². The second-order valence-electron chi connectivity index (χ2n) is 6.43. The molecule has 2 aromatic rings. The van der Waals surface area contributed by atoms with Gasteiger partial charge >= 0.3 is 0 Å². The smallest absolute Gasteiger partial charge is 0.263 e. The van der Waals surface area contributed by atoms with Crippen LogP contribution in [0.4, 0.5) is 4.39 Å². The molecule has 0 aliphatic carbocycles. The first-order valence-electron chi connectivity index (χ1n) is 8.71. The van der Waals surface area contributed by atoms with Crippen LogP contribution in [0.25, 0.3) is 0 Å². The van der Waals surface area contributed by atoms with E-state index in [0.717, 1.165) is 19.6 Å². The number of hydrogen-bond acceptors (Lipinski definition) is 2. The number of amides is 1. The number of piperazine rings is 1. The Bertz CT molecular complexity index is 700. The minimum Gasteiger partial charge on any atom is -0.478 e. The number of quaternary nitrogens is 1. The van der Waals surface area contributed by atoms with Crippen molar-refractivity contribution >= 4 is 5.91 Å². The van der Waals surface area contributed by atoms with Gasteiger partial charge in [-0.3, -0.25) is 4.79 Å². The predicted octanol–water partition coefficient (Wildman–Crippen LogP) is 1.52. The molecule has 1 atom stereocenters. The molecule has 0 spiro atoms. The number of rotatable bonds is 5. The molecular weight excluding hydrogens is 319 g/mol. The minimum atomic E-state index is -0.687. The Morgan fingerprint density at radius 1 is 1.12 bits per heavy atom. The van der Waals surface area contributed by atoms with Crippen molar-refractivity contribution in [3.05, 3.63) is 66.0 Å². The summed E-state index contributed by atoms with van der Waals surface area (Å²) in [5.74, 6) is -0.405. The molecule has 25 heavy (non-hydrogen) atoms. The first kappa shape index (κ1) is 17.4. The van der Waals surface area contributed by atoms with Gasteiger partial charge in [-0.1, -0.05) is 42.5 Å². The molecule has 2 aromatic carbocycles. The van der Waals surface area contributed by atoms with E-state index in [1.165, 1.54) is 16.5 Å². The number of carbonyl (C=O) groups excluding carboxylic acids is 1. The molecule has 132 valence electrons. The van der Waals surface area contributed by atoms with Crippen molar-refractivity contribution in [3.8, 4) is 5.75 Å². The summed E-state index contributed by atoms with van der Waals surface area (Å²) in [5, 5.41) is 0. The van der Waals surface area contributed by atoms with Crippen LogP contribution in [0.5, 0.6) is 5.75 Å². The monoisotopic (exact) mass is 343 g/mol. The van der Waals surface area contributed by atoms with Crippen LogP contribution in [0, 0.1) is 5.82 Å². The van der Waals surface area contributed by atoms with Crippen LogP contribution in [0.15, 0.2) is 54.6 Å². The molecule has 0 bridgehead atoms. The summed E-state index contributed by atoms with van der Waals surface area (Å²) in [6, 6.07) is 16.6. The molecular formula is C20H24FN2O2+. The van der Waals surface area contributed by atoms with Gasteiger partial charge in [-0.25, -0.2) is 4.39 Å². The van der Waals surface area contributed by atoms with Crippen LogP contribution in [-0.4, -0.2) is 43.1 Å². The van der Waals surface area contributed by atoms with E-state index in [2.05, 4.69) is 24.3 Å². The topological polar surface area (TPSA) is 34.0 Å². The molecule has 3 rings (SSSR count). The zero-order valence-electron chi connectivity index (χ0n) is 14.5. The molecule has 1 amide bonds. The normalized spacial score (nSPS) is 16.5. The van der Waals surface area contributed by atoms with E-state index in [9.17, 15) is 9.18 Å². The standard InChI is InChI=1S/C20H23FN2O2/c1-16(25-19-10-6-5-9-18(19)21)20(24)23-13-11-22(12-14-23)15-17-7-3-2-4-8-17/h2-10,16H,11-15H2,1H3/p+1/t16-/m1/s1. The number of hydrogen-bond donors (Lipinski definition) is 1. The third kappa shape index (κ3) is 4.57. The molecule has 1 aliphatic rings. The number of para-hydroxylation sites is 1. The molecule has 1 aliphatic heterocycles. The Labute approximate surface area is 147 Å². The van der Waals surface area contributed by atoms with Crippen LogP contribution >= 0.6 is 0 Å². The Morgan fingerprint density at radius 3 is 2.44 bits per heavy atom. The summed E-state index contributed by atoms with van der Waals surface area (Å²) < 4.78 is 19.2. The number of ether oxygens (including phenoxy) is 1. The molecule has 0 saturated carbocycles. The van der Waals surface area contributed by atoms with Crippen molar-refractivity contribution in [1.29, 1.82) is 0 Å². The lowest BCUT2D eigenvalue weighted by Crippen LogP contribution is -3.13. The second-order valence-corrected chi connectivity index (χ2v) is 6.43. The molecule has 1 saturated heterocycles. The number of nitrogens with one attached hydrogen (secondary N) is 1. The van der Waals surface area contributed by atoms with Crippen molar-refractivity contribution in [2.45, 2.75) is 19.6 Å². The Balaban J connectivity index is 1.50. The Morgan fingerprint density at radius 2 is 1.76 bits per heavy atom. The molecule has 1 heterocycles. The van der Waals surface area contributed by atoms with Gasteiger partial charge in [0.15, 0.2) is 17.7 Å². The summed E-state index contributed by atoms with van der Waals surface area (Å²) in [4.78, 5) is 15.8. The Hall–Kier alpha value is -2.40. The molecule has 5 heteroatoms. The fourth-order valence-corrected chi connectivity index (χ4v) is 3.14. The maximum absolute atomic E-state index is 13.7. The lowest BCUT2D eigenvalue weighted by atomic mass is 10.2. The number of benzene rings is 2. The second kappa shape index (κ2) is 8.12. The summed E-state index contributed by atoms with van der Waals surface area (Å²) in [6.45, 7) is 5.88. The average Bonchev–Trinajstić information content (AvgIpc) is 2.64. The van der Waals surface area contributed by atoms with Crippen LogP contribution in [0.2, 0.25) is 0 Å². The van der Waals surface area contributed by atoms with Crippen molar-refractivity contribution in [2.24, 2.45) is 0 Å². The van der Waals surface area contributed by atoms with Crippen LogP contribution in [-0.2, 0) is 11.3 Å². The van der Waals surface area contributed by atoms with Crippen LogP contribution in [0.1, 0.15) is 12.5 Å². The van der Waals surface area contributed by atoms with Crippen molar-refractivity contribution in [2.75, 3.05) is 26.2 Å². The molecule has 4 nitrogen and oxygen atoms in total. The lowest BCUT2D eigenvalue weighted by molar-refractivity contribution is -0.917. The van der Waals surface area contributed by atoms with E-state index in [4.69, 9.17) is 4.74 Å². The van der Waals surface area contributed by atoms with E-state index < -0.39 is 11.9 Å². The van der Waals surface area contributed by atoms with Gasteiger partial charge in [-0.05, 0) is 19.1 Å². The maximum Gasteiger partial charge on any atom is 0.263 e. The average molecular weight is 343 g/mol. The number of carbonyl (C=O) groups is 1. The molecule has 0 radical (unpaired) electrons. The summed E-state index contributed by atoms with van der Waals surface area (Å²) in [6.07, 6.45) is -0.687. The fourth-order valence-electron chi connectivity index (χ4n) is 3.14. The van der Waals surface area contributed by atoms with E-state index >= 15 is 0 Å². The first-order chi connectivity index (χ1) is 12.1. The maximum atomic E-state index is 13.7. The SMILES string of the molecule is C[C@@H](Oc1ccccc1F)C(=O)N1CC[NH+](Cc2ccccc2)CC1. The van der Waals surface area contributed by atoms with E-state index in [1.807, 2.05) is 11.0 Å². The highest BCUT2D eigenvalue weighted by Gasteiger charge is 2.28. The third-order valence-corrected chi connectivity index (χ3v) is 4.57. The quantitative estimate of drug-likeness (QED) is 0.893. The highest BCUT2D eigenvalue weighted by atomic mass is 19.1. The highest BCUT2D eigenvalue weighted by Crippen LogP contribution is 2.17. The number of halogens is 1. The zero-order chi connectivity index (χ0) is 17.6. The largest absolute Gasteiger partial charge is 0.478 e. The predicted molar refractivity (Wildman–Crippen MR) is 93.9 cm³/mol. The third-order valence-electron chi connectivity index (χ3n) is 4.57. The van der Waals surface area contributed by atoms with Crippen molar-refractivity contribution in [1.82, 2.24) is 4.90 Å². The summed E-state index contributed by atoms with van der Waals surface area (Å²) in [7, 11) is 0. The van der Waals surface area contributed by atoms with Gasteiger partial charge < -0.3 is 14.5 Å². The van der Waals surface area contributed by atoms with Gasteiger partial charge in [0, 0.05) is 5.56 Å².